The molecule has 0 aliphatic carbocycles. The van der Waals surface area contributed by atoms with Crippen LogP contribution in [0, 0.1) is 5.92 Å². The van der Waals surface area contributed by atoms with Gasteiger partial charge in [0.05, 0.1) is 0 Å². The Hall–Kier alpha value is -0.860. The fourth-order valence-electron chi connectivity index (χ4n) is 3.56. The third-order valence-corrected chi connectivity index (χ3v) is 4.80. The molecule has 2 N–H and O–H groups in total. The minimum absolute atomic E-state index is 0.548. The van der Waals surface area contributed by atoms with E-state index >= 15 is 0 Å². The molecule has 3 unspecified atom stereocenters. The second kappa shape index (κ2) is 7.80. The number of rotatable bonds is 7. The first kappa shape index (κ1) is 15.5. The summed E-state index contributed by atoms with van der Waals surface area (Å²) in [7, 11) is 0. The fraction of sp³-hybridized carbons (Fsp3) is 0.667. The van der Waals surface area contributed by atoms with E-state index < -0.39 is 0 Å². The minimum atomic E-state index is 0.548. The van der Waals surface area contributed by atoms with Crippen LogP contribution in [0.25, 0.3) is 0 Å². The summed E-state index contributed by atoms with van der Waals surface area (Å²) in [4.78, 5) is 2.64. The van der Waals surface area contributed by atoms with Crippen molar-refractivity contribution < 1.29 is 0 Å². The third kappa shape index (κ3) is 4.07. The summed E-state index contributed by atoms with van der Waals surface area (Å²) in [6.45, 7) is 7.92. The number of nitrogens with zero attached hydrogens (tertiary/aromatic N) is 1. The van der Waals surface area contributed by atoms with Crippen LogP contribution in [0.2, 0.25) is 0 Å². The van der Waals surface area contributed by atoms with Crippen molar-refractivity contribution in [3.05, 3.63) is 35.9 Å². The lowest BCUT2D eigenvalue weighted by molar-refractivity contribution is 0.218. The standard InChI is InChI=1S/C18H30N2/c1-3-7-16-10-11-20(14-16)18(13-19)12-15(2)17-8-5-4-6-9-17/h4-6,8-9,15-16,18H,3,7,10-14,19H2,1-2H3. The van der Waals surface area contributed by atoms with Gasteiger partial charge in [-0.25, -0.2) is 0 Å². The normalized spacial score (nSPS) is 22.9. The maximum Gasteiger partial charge on any atom is 0.0224 e. The molecule has 0 spiro atoms. The maximum absolute atomic E-state index is 6.06. The van der Waals surface area contributed by atoms with E-state index in [4.69, 9.17) is 5.73 Å². The van der Waals surface area contributed by atoms with Crippen molar-refractivity contribution in [1.29, 1.82) is 0 Å². The van der Waals surface area contributed by atoms with Crippen LogP contribution in [-0.2, 0) is 0 Å². The molecule has 1 fully saturated rings. The van der Waals surface area contributed by atoms with Gasteiger partial charge in [0.15, 0.2) is 0 Å². The van der Waals surface area contributed by atoms with E-state index in [9.17, 15) is 0 Å². The van der Waals surface area contributed by atoms with Gasteiger partial charge >= 0.3 is 0 Å². The van der Waals surface area contributed by atoms with Crippen LogP contribution < -0.4 is 5.73 Å². The lowest BCUT2D eigenvalue weighted by Gasteiger charge is -2.29. The zero-order valence-corrected chi connectivity index (χ0v) is 13.1. The largest absolute Gasteiger partial charge is 0.329 e. The number of benzene rings is 1. The summed E-state index contributed by atoms with van der Waals surface area (Å²) in [6.07, 6.45) is 5.23. The van der Waals surface area contributed by atoms with Gasteiger partial charge < -0.3 is 5.73 Å². The Morgan fingerprint density at radius 1 is 1.30 bits per heavy atom. The van der Waals surface area contributed by atoms with Crippen LogP contribution >= 0.6 is 0 Å². The third-order valence-electron chi connectivity index (χ3n) is 4.80. The monoisotopic (exact) mass is 274 g/mol. The molecular formula is C18H30N2. The first-order chi connectivity index (χ1) is 9.74. The molecule has 20 heavy (non-hydrogen) atoms. The van der Waals surface area contributed by atoms with E-state index in [0.29, 0.717) is 12.0 Å². The van der Waals surface area contributed by atoms with Crippen molar-refractivity contribution in [3.8, 4) is 0 Å². The minimum Gasteiger partial charge on any atom is -0.329 e. The van der Waals surface area contributed by atoms with Crippen LogP contribution in [0.3, 0.4) is 0 Å². The van der Waals surface area contributed by atoms with E-state index in [1.54, 1.807) is 0 Å². The summed E-state index contributed by atoms with van der Waals surface area (Å²) in [5.74, 6) is 1.50. The van der Waals surface area contributed by atoms with E-state index in [2.05, 4.69) is 49.1 Å². The Labute approximate surface area is 124 Å². The van der Waals surface area contributed by atoms with Crippen molar-refractivity contribution in [2.24, 2.45) is 11.7 Å². The van der Waals surface area contributed by atoms with Gasteiger partial charge in [0.1, 0.15) is 0 Å². The molecule has 1 aliphatic heterocycles. The Morgan fingerprint density at radius 2 is 2.05 bits per heavy atom. The molecule has 0 radical (unpaired) electrons. The SMILES string of the molecule is CCCC1CCN(C(CN)CC(C)c2ccccc2)C1. The zero-order valence-electron chi connectivity index (χ0n) is 13.1. The van der Waals surface area contributed by atoms with Crippen molar-refractivity contribution in [3.63, 3.8) is 0 Å². The second-order valence-corrected chi connectivity index (χ2v) is 6.38. The molecule has 0 bridgehead atoms. The van der Waals surface area contributed by atoms with Crippen molar-refractivity contribution in [2.45, 2.75) is 51.5 Å². The van der Waals surface area contributed by atoms with Crippen LogP contribution in [0.5, 0.6) is 0 Å². The van der Waals surface area contributed by atoms with Gasteiger partial charge in [-0.2, -0.15) is 0 Å². The Balaban J connectivity index is 1.89. The molecule has 1 aromatic rings. The molecular weight excluding hydrogens is 244 g/mol. The summed E-state index contributed by atoms with van der Waals surface area (Å²) < 4.78 is 0. The molecule has 2 rings (SSSR count). The van der Waals surface area contributed by atoms with E-state index in [1.165, 1.54) is 44.3 Å². The lowest BCUT2D eigenvalue weighted by Crippen LogP contribution is -2.40. The molecule has 1 aromatic carbocycles. The van der Waals surface area contributed by atoms with Gasteiger partial charge in [0.2, 0.25) is 0 Å². The Kier molecular flexibility index (Phi) is 6.06. The molecule has 1 heterocycles. The van der Waals surface area contributed by atoms with Gasteiger partial charge in [0, 0.05) is 19.1 Å². The highest BCUT2D eigenvalue weighted by molar-refractivity contribution is 5.19. The van der Waals surface area contributed by atoms with Crippen LogP contribution in [0.1, 0.15) is 51.0 Å². The van der Waals surface area contributed by atoms with Gasteiger partial charge in [-0.1, -0.05) is 50.6 Å². The second-order valence-electron chi connectivity index (χ2n) is 6.38. The summed E-state index contributed by atoms with van der Waals surface area (Å²) in [6, 6.07) is 11.4. The predicted molar refractivity (Wildman–Crippen MR) is 86.9 cm³/mol. The van der Waals surface area contributed by atoms with Crippen molar-refractivity contribution >= 4 is 0 Å². The topological polar surface area (TPSA) is 29.3 Å². The van der Waals surface area contributed by atoms with Crippen molar-refractivity contribution in [1.82, 2.24) is 4.90 Å². The molecule has 0 amide bonds. The molecule has 2 nitrogen and oxygen atoms in total. The molecule has 1 saturated heterocycles. The highest BCUT2D eigenvalue weighted by Crippen LogP contribution is 2.27. The first-order valence-electron chi connectivity index (χ1n) is 8.23. The first-order valence-corrected chi connectivity index (χ1v) is 8.23. The van der Waals surface area contributed by atoms with E-state index in [1.807, 2.05) is 0 Å². The average molecular weight is 274 g/mol. The summed E-state index contributed by atoms with van der Waals surface area (Å²) >= 11 is 0. The van der Waals surface area contributed by atoms with Gasteiger partial charge in [-0.15, -0.1) is 0 Å². The van der Waals surface area contributed by atoms with Crippen LogP contribution in [0.4, 0.5) is 0 Å². The maximum atomic E-state index is 6.06. The predicted octanol–water partition coefficient (Wildman–Crippen LogP) is 3.63. The van der Waals surface area contributed by atoms with Gasteiger partial charge in [-0.3, -0.25) is 4.90 Å². The number of likely N-dealkylation sites (tertiary alicyclic amines) is 1. The number of hydrogen-bond acceptors (Lipinski definition) is 2. The van der Waals surface area contributed by atoms with Crippen LogP contribution in [0.15, 0.2) is 30.3 Å². The Bertz CT molecular complexity index is 376. The van der Waals surface area contributed by atoms with E-state index in [-0.39, 0.29) is 0 Å². The Morgan fingerprint density at radius 3 is 2.70 bits per heavy atom. The zero-order chi connectivity index (χ0) is 14.4. The molecule has 3 atom stereocenters. The van der Waals surface area contributed by atoms with Crippen molar-refractivity contribution in [2.75, 3.05) is 19.6 Å². The average Bonchev–Trinajstić information content (AvgIpc) is 2.94. The van der Waals surface area contributed by atoms with Gasteiger partial charge in [0.25, 0.3) is 0 Å². The van der Waals surface area contributed by atoms with Crippen LogP contribution in [-0.4, -0.2) is 30.6 Å². The number of nitrogens with two attached hydrogens (primary N) is 1. The summed E-state index contributed by atoms with van der Waals surface area (Å²) in [5.41, 5.74) is 7.50. The molecule has 112 valence electrons. The summed E-state index contributed by atoms with van der Waals surface area (Å²) in [5, 5.41) is 0. The molecule has 0 aromatic heterocycles. The lowest BCUT2D eigenvalue weighted by atomic mass is 9.93. The molecule has 2 heteroatoms. The highest BCUT2D eigenvalue weighted by atomic mass is 15.2. The van der Waals surface area contributed by atoms with E-state index in [0.717, 1.165) is 12.5 Å². The quantitative estimate of drug-likeness (QED) is 0.822. The molecule has 1 aliphatic rings. The smallest absolute Gasteiger partial charge is 0.0224 e. The number of hydrogen-bond donors (Lipinski definition) is 1. The highest BCUT2D eigenvalue weighted by Gasteiger charge is 2.28. The van der Waals surface area contributed by atoms with Gasteiger partial charge in [-0.05, 0) is 43.2 Å². The fourth-order valence-corrected chi connectivity index (χ4v) is 3.56. The molecule has 0 saturated carbocycles.